The molecule has 0 saturated carbocycles. The number of hydrogen-bond acceptors (Lipinski definition) is 4. The van der Waals surface area contributed by atoms with Crippen LogP contribution in [0.1, 0.15) is 21.5 Å². The van der Waals surface area contributed by atoms with Gasteiger partial charge in [-0.2, -0.15) is 0 Å². The van der Waals surface area contributed by atoms with Crippen molar-refractivity contribution in [1.82, 2.24) is 0 Å². The van der Waals surface area contributed by atoms with E-state index in [1.807, 2.05) is 24.3 Å². The first-order valence-corrected chi connectivity index (χ1v) is 8.37. The maximum atomic E-state index is 12.1. The fourth-order valence-electron chi connectivity index (χ4n) is 2.41. The number of carbonyl (C=O) groups is 3. The highest BCUT2D eigenvalue weighted by Crippen LogP contribution is 2.24. The van der Waals surface area contributed by atoms with E-state index in [1.165, 1.54) is 6.08 Å². The Labute approximate surface area is 152 Å². The van der Waals surface area contributed by atoms with Crippen LogP contribution in [0.15, 0.2) is 53.0 Å². The van der Waals surface area contributed by atoms with Gasteiger partial charge in [0.2, 0.25) is 5.91 Å². The molecule has 2 aromatic rings. The predicted octanol–water partition coefficient (Wildman–Crippen LogP) is 3.38. The molecule has 1 amide bonds. The number of nitrogens with one attached hydrogen (secondary N) is 1. The fraction of sp³-hybridized carbons (Fsp3) is 0.105. The minimum Gasteiger partial charge on any atom is -0.454 e. The van der Waals surface area contributed by atoms with Gasteiger partial charge in [-0.05, 0) is 47.5 Å². The Hall–Kier alpha value is -2.73. The average Bonchev–Trinajstić information content (AvgIpc) is 2.98. The van der Waals surface area contributed by atoms with Gasteiger partial charge in [-0.1, -0.05) is 28.1 Å². The second-order valence-electron chi connectivity index (χ2n) is 5.51. The molecule has 1 N–H and O–H groups in total. The number of esters is 1. The number of rotatable bonds is 5. The molecule has 1 aliphatic rings. The summed E-state index contributed by atoms with van der Waals surface area (Å²) in [6, 6.07) is 12.4. The summed E-state index contributed by atoms with van der Waals surface area (Å²) in [6.07, 6.45) is 3.15. The Morgan fingerprint density at radius 1 is 1.16 bits per heavy atom. The van der Waals surface area contributed by atoms with Crippen LogP contribution in [0.25, 0.3) is 6.08 Å². The monoisotopic (exact) mass is 399 g/mol. The van der Waals surface area contributed by atoms with Crippen molar-refractivity contribution in [2.45, 2.75) is 6.42 Å². The second-order valence-corrected chi connectivity index (χ2v) is 6.43. The van der Waals surface area contributed by atoms with Crippen LogP contribution in [-0.4, -0.2) is 24.3 Å². The minimum absolute atomic E-state index is 0.0934. The van der Waals surface area contributed by atoms with E-state index in [9.17, 15) is 14.4 Å². The number of Topliss-reactive ketones (excluding diaryl/α,β-unsaturated/α-hetero) is 1. The zero-order chi connectivity index (χ0) is 17.8. The number of ether oxygens (including phenoxy) is 1. The third-order valence-electron chi connectivity index (χ3n) is 3.68. The van der Waals surface area contributed by atoms with Gasteiger partial charge in [0.05, 0.1) is 6.42 Å². The maximum Gasteiger partial charge on any atom is 0.331 e. The molecule has 6 heteroatoms. The third kappa shape index (κ3) is 4.42. The molecule has 0 aliphatic carbocycles. The van der Waals surface area contributed by atoms with Crippen LogP contribution < -0.4 is 5.32 Å². The quantitative estimate of drug-likeness (QED) is 0.475. The molecular weight excluding hydrogens is 386 g/mol. The van der Waals surface area contributed by atoms with Gasteiger partial charge in [0.1, 0.15) is 0 Å². The smallest absolute Gasteiger partial charge is 0.331 e. The molecule has 1 aliphatic heterocycles. The van der Waals surface area contributed by atoms with E-state index in [0.29, 0.717) is 5.56 Å². The van der Waals surface area contributed by atoms with Crippen molar-refractivity contribution in [1.29, 1.82) is 0 Å². The van der Waals surface area contributed by atoms with Crippen molar-refractivity contribution < 1.29 is 19.1 Å². The van der Waals surface area contributed by atoms with Gasteiger partial charge in [0.15, 0.2) is 12.4 Å². The first-order valence-electron chi connectivity index (χ1n) is 7.57. The molecule has 126 valence electrons. The lowest BCUT2D eigenvalue weighted by molar-refractivity contribution is -0.136. The largest absolute Gasteiger partial charge is 0.454 e. The van der Waals surface area contributed by atoms with E-state index >= 15 is 0 Å². The Balaban J connectivity index is 1.55. The summed E-state index contributed by atoms with van der Waals surface area (Å²) >= 11 is 3.33. The Morgan fingerprint density at radius 3 is 2.68 bits per heavy atom. The minimum atomic E-state index is -0.589. The highest BCUT2D eigenvalue weighted by Gasteiger charge is 2.19. The van der Waals surface area contributed by atoms with Gasteiger partial charge in [-0.15, -0.1) is 0 Å². The Kier molecular flexibility index (Phi) is 5.09. The molecule has 25 heavy (non-hydrogen) atoms. The standard InChI is InChI=1S/C19H14BrNO4/c20-15-5-1-12(2-6-15)3-8-19(24)25-11-17(22)13-4-7-16-14(9-13)10-18(23)21-16/h1-9H,10-11H2,(H,21,23)/b8-3+. The molecule has 0 radical (unpaired) electrons. The first-order chi connectivity index (χ1) is 12.0. The zero-order valence-electron chi connectivity index (χ0n) is 13.1. The highest BCUT2D eigenvalue weighted by atomic mass is 79.9. The number of carbonyl (C=O) groups excluding carboxylic acids is 3. The highest BCUT2D eigenvalue weighted by molar-refractivity contribution is 9.10. The van der Waals surface area contributed by atoms with E-state index in [1.54, 1.807) is 24.3 Å². The van der Waals surface area contributed by atoms with Crippen molar-refractivity contribution in [3.63, 3.8) is 0 Å². The summed E-state index contributed by atoms with van der Waals surface area (Å²) in [5.41, 5.74) is 2.76. The van der Waals surface area contributed by atoms with E-state index < -0.39 is 5.97 Å². The van der Waals surface area contributed by atoms with Gasteiger partial charge >= 0.3 is 5.97 Å². The molecule has 0 aromatic heterocycles. The first kappa shape index (κ1) is 17.1. The lowest BCUT2D eigenvalue weighted by Gasteiger charge is -2.04. The van der Waals surface area contributed by atoms with Gasteiger partial charge in [0.25, 0.3) is 0 Å². The van der Waals surface area contributed by atoms with Gasteiger partial charge in [-0.25, -0.2) is 4.79 Å². The molecule has 1 heterocycles. The lowest BCUT2D eigenvalue weighted by atomic mass is 10.1. The predicted molar refractivity (Wildman–Crippen MR) is 97.2 cm³/mol. The molecule has 0 saturated heterocycles. The molecule has 0 bridgehead atoms. The number of amides is 1. The van der Waals surface area contributed by atoms with Crippen molar-refractivity contribution in [3.8, 4) is 0 Å². The molecule has 2 aromatic carbocycles. The van der Waals surface area contributed by atoms with E-state index in [0.717, 1.165) is 21.3 Å². The number of anilines is 1. The van der Waals surface area contributed by atoms with Crippen LogP contribution in [0, 0.1) is 0 Å². The third-order valence-corrected chi connectivity index (χ3v) is 4.21. The molecule has 5 nitrogen and oxygen atoms in total. The van der Waals surface area contributed by atoms with Crippen LogP contribution >= 0.6 is 15.9 Å². The van der Waals surface area contributed by atoms with Crippen molar-refractivity contribution in [2.24, 2.45) is 0 Å². The van der Waals surface area contributed by atoms with Gasteiger partial charge in [0, 0.05) is 21.8 Å². The van der Waals surface area contributed by atoms with Crippen LogP contribution in [-0.2, 0) is 20.7 Å². The summed E-state index contributed by atoms with van der Waals surface area (Å²) in [5, 5.41) is 2.70. The second kappa shape index (κ2) is 7.44. The normalized spacial score (nSPS) is 12.8. The van der Waals surface area contributed by atoms with E-state index in [4.69, 9.17) is 4.74 Å². The number of benzene rings is 2. The van der Waals surface area contributed by atoms with Crippen LogP contribution in [0.5, 0.6) is 0 Å². The zero-order valence-corrected chi connectivity index (χ0v) is 14.7. The summed E-state index contributed by atoms with van der Waals surface area (Å²) in [7, 11) is 0. The van der Waals surface area contributed by atoms with Gasteiger partial charge in [-0.3, -0.25) is 9.59 Å². The van der Waals surface area contributed by atoms with Crippen LogP contribution in [0.3, 0.4) is 0 Å². The lowest BCUT2D eigenvalue weighted by Crippen LogP contribution is -2.12. The number of halogens is 1. The summed E-state index contributed by atoms with van der Waals surface area (Å²) in [4.78, 5) is 35.2. The molecule has 0 atom stereocenters. The number of fused-ring (bicyclic) bond motifs is 1. The van der Waals surface area contributed by atoms with Crippen molar-refractivity contribution >= 4 is 45.4 Å². The van der Waals surface area contributed by atoms with Crippen molar-refractivity contribution in [3.05, 3.63) is 69.7 Å². The molecule has 0 fully saturated rings. The molecule has 0 spiro atoms. The Bertz CT molecular complexity index is 871. The molecule has 0 unspecified atom stereocenters. The number of hydrogen-bond donors (Lipinski definition) is 1. The van der Waals surface area contributed by atoms with E-state index in [-0.39, 0.29) is 24.7 Å². The summed E-state index contributed by atoms with van der Waals surface area (Å²) in [6.45, 7) is -0.344. The number of ketones is 1. The van der Waals surface area contributed by atoms with Crippen LogP contribution in [0.4, 0.5) is 5.69 Å². The SMILES string of the molecule is O=C1Cc2cc(C(=O)COC(=O)/C=C/c3ccc(Br)cc3)ccc2N1. The van der Waals surface area contributed by atoms with Gasteiger partial charge < -0.3 is 10.1 Å². The molecule has 3 rings (SSSR count). The Morgan fingerprint density at radius 2 is 1.92 bits per heavy atom. The summed E-state index contributed by atoms with van der Waals surface area (Å²) < 4.78 is 5.93. The van der Waals surface area contributed by atoms with Crippen LogP contribution in [0.2, 0.25) is 0 Å². The summed E-state index contributed by atoms with van der Waals surface area (Å²) in [5.74, 6) is -0.995. The average molecular weight is 400 g/mol. The van der Waals surface area contributed by atoms with Crippen molar-refractivity contribution in [2.75, 3.05) is 11.9 Å². The maximum absolute atomic E-state index is 12.1. The van der Waals surface area contributed by atoms with E-state index in [2.05, 4.69) is 21.2 Å². The molecular formula is C19H14BrNO4. The topological polar surface area (TPSA) is 72.5 Å². The fourth-order valence-corrected chi connectivity index (χ4v) is 2.67.